The Bertz CT molecular complexity index is 695. The molecule has 8 heteroatoms. The summed E-state index contributed by atoms with van der Waals surface area (Å²) >= 11 is 0. The first-order valence-corrected chi connectivity index (χ1v) is 8.72. The second-order valence-electron chi connectivity index (χ2n) is 7.65. The largest absolute Gasteiger partial charge is 0.348 e. The number of carbonyl (C=O) groups is 1. The summed E-state index contributed by atoms with van der Waals surface area (Å²) in [5, 5.41) is 6.96. The van der Waals surface area contributed by atoms with Gasteiger partial charge in [-0.15, -0.1) is 0 Å². The minimum absolute atomic E-state index is 0.0916. The van der Waals surface area contributed by atoms with Crippen LogP contribution >= 0.6 is 0 Å². The number of hydrogen-bond acceptors (Lipinski definition) is 5. The first-order chi connectivity index (χ1) is 11.8. The molecule has 0 radical (unpaired) electrons. The molecule has 1 atom stereocenters. The third kappa shape index (κ3) is 4.00. The number of rotatable bonds is 3. The van der Waals surface area contributed by atoms with E-state index in [1.165, 1.54) is 0 Å². The highest BCUT2D eigenvalue weighted by Crippen LogP contribution is 2.26. The van der Waals surface area contributed by atoms with Gasteiger partial charge in [0.15, 0.2) is 5.82 Å². The smallest absolute Gasteiger partial charge is 0.318 e. The Morgan fingerprint density at radius 2 is 2.12 bits per heavy atom. The van der Waals surface area contributed by atoms with Crippen LogP contribution in [0.1, 0.15) is 69.9 Å². The van der Waals surface area contributed by atoms with Gasteiger partial charge in [-0.05, 0) is 19.8 Å². The van der Waals surface area contributed by atoms with Crippen LogP contribution < -0.4 is 5.32 Å². The molecule has 25 heavy (non-hydrogen) atoms. The minimum atomic E-state index is -0.318. The Morgan fingerprint density at radius 3 is 2.68 bits per heavy atom. The van der Waals surface area contributed by atoms with E-state index in [4.69, 9.17) is 4.52 Å². The van der Waals surface area contributed by atoms with Crippen LogP contribution in [0.2, 0.25) is 0 Å². The molecule has 0 bridgehead atoms. The molecule has 2 amide bonds. The maximum absolute atomic E-state index is 12.5. The molecule has 8 nitrogen and oxygen atoms in total. The maximum atomic E-state index is 12.5. The predicted octanol–water partition coefficient (Wildman–Crippen LogP) is 2.74. The fourth-order valence-corrected chi connectivity index (χ4v) is 2.94. The van der Waals surface area contributed by atoms with E-state index < -0.39 is 0 Å². The minimum Gasteiger partial charge on any atom is -0.348 e. The monoisotopic (exact) mass is 346 g/mol. The number of likely N-dealkylation sites (tertiary alicyclic amines) is 1. The number of imidazole rings is 1. The summed E-state index contributed by atoms with van der Waals surface area (Å²) in [5.41, 5.74) is 0.967. The Hall–Kier alpha value is -2.38. The van der Waals surface area contributed by atoms with E-state index in [1.807, 2.05) is 38.8 Å². The molecule has 3 heterocycles. The van der Waals surface area contributed by atoms with Crippen LogP contribution in [0.25, 0.3) is 0 Å². The Labute approximate surface area is 147 Å². The van der Waals surface area contributed by atoms with Crippen molar-refractivity contribution in [3.8, 4) is 0 Å². The molecular formula is C17H26N6O2. The molecular weight excluding hydrogens is 320 g/mol. The number of carbonyl (C=O) groups excluding carboxylic acids is 1. The average Bonchev–Trinajstić information content (AvgIpc) is 3.26. The fourth-order valence-electron chi connectivity index (χ4n) is 2.94. The fraction of sp³-hybridized carbons (Fsp3) is 0.647. The van der Waals surface area contributed by atoms with E-state index in [9.17, 15) is 4.79 Å². The van der Waals surface area contributed by atoms with Gasteiger partial charge in [-0.25, -0.2) is 9.78 Å². The van der Waals surface area contributed by atoms with E-state index in [-0.39, 0.29) is 17.5 Å². The van der Waals surface area contributed by atoms with Gasteiger partial charge in [0.25, 0.3) is 0 Å². The highest BCUT2D eigenvalue weighted by Gasteiger charge is 2.27. The van der Waals surface area contributed by atoms with Gasteiger partial charge in [-0.3, -0.25) is 0 Å². The molecule has 0 saturated carbocycles. The lowest BCUT2D eigenvalue weighted by atomic mass is 9.94. The van der Waals surface area contributed by atoms with Gasteiger partial charge in [0.05, 0.1) is 6.33 Å². The summed E-state index contributed by atoms with van der Waals surface area (Å²) in [6, 6.07) is -0.410. The zero-order valence-corrected chi connectivity index (χ0v) is 15.2. The third-order valence-electron chi connectivity index (χ3n) is 4.56. The standard InChI is InChI=1S/C17H26N6O2/c1-11(14-21-15(22-25-14)17(2,3)4)20-16(24)23-7-5-12(6-8-23)13-9-18-10-19-13/h9-12H,5-8H2,1-4H3,(H,18,19)(H,20,24)/t11-/m0/s1. The first kappa shape index (κ1) is 17.4. The first-order valence-electron chi connectivity index (χ1n) is 8.72. The summed E-state index contributed by atoms with van der Waals surface area (Å²) < 4.78 is 5.30. The van der Waals surface area contributed by atoms with Crippen molar-refractivity contribution in [2.45, 2.75) is 57.9 Å². The number of amides is 2. The molecule has 2 N–H and O–H groups in total. The van der Waals surface area contributed by atoms with Crippen molar-refractivity contribution in [2.24, 2.45) is 0 Å². The normalized spacial score (nSPS) is 17.5. The highest BCUT2D eigenvalue weighted by atomic mass is 16.5. The van der Waals surface area contributed by atoms with Gasteiger partial charge in [-0.2, -0.15) is 4.98 Å². The summed E-state index contributed by atoms with van der Waals surface area (Å²) in [5.74, 6) is 1.52. The topological polar surface area (TPSA) is 99.9 Å². The molecule has 136 valence electrons. The molecule has 0 aliphatic carbocycles. The molecule has 1 aliphatic heterocycles. The number of nitrogens with one attached hydrogen (secondary N) is 2. The van der Waals surface area contributed by atoms with Crippen molar-refractivity contribution in [1.82, 2.24) is 30.3 Å². The predicted molar refractivity (Wildman–Crippen MR) is 92.1 cm³/mol. The number of urea groups is 1. The molecule has 0 spiro atoms. The van der Waals surface area contributed by atoms with Gasteiger partial charge in [0.1, 0.15) is 6.04 Å². The Kier molecular flexibility index (Phi) is 4.78. The molecule has 1 saturated heterocycles. The lowest BCUT2D eigenvalue weighted by Crippen LogP contribution is -2.44. The SMILES string of the molecule is C[C@H](NC(=O)N1CCC(c2cnc[nH]2)CC1)c1nc(C(C)(C)C)no1. The zero-order valence-electron chi connectivity index (χ0n) is 15.2. The number of aromatic amines is 1. The van der Waals surface area contributed by atoms with Crippen LogP contribution in [-0.2, 0) is 5.41 Å². The van der Waals surface area contributed by atoms with Crippen LogP contribution in [0.15, 0.2) is 17.0 Å². The Balaban J connectivity index is 1.53. The van der Waals surface area contributed by atoms with E-state index in [2.05, 4.69) is 25.4 Å². The number of aromatic nitrogens is 4. The van der Waals surface area contributed by atoms with Gasteiger partial charge in [0, 0.05) is 36.3 Å². The lowest BCUT2D eigenvalue weighted by Gasteiger charge is -2.32. The van der Waals surface area contributed by atoms with Crippen molar-refractivity contribution >= 4 is 6.03 Å². The molecule has 0 aromatic carbocycles. The van der Waals surface area contributed by atoms with Crippen molar-refractivity contribution < 1.29 is 9.32 Å². The summed E-state index contributed by atoms with van der Waals surface area (Å²) in [6.07, 6.45) is 5.43. The zero-order chi connectivity index (χ0) is 18.0. The van der Waals surface area contributed by atoms with Gasteiger partial charge >= 0.3 is 6.03 Å². The second kappa shape index (κ2) is 6.85. The summed E-state index contributed by atoms with van der Waals surface area (Å²) in [4.78, 5) is 26.0. The molecule has 1 aliphatic rings. The molecule has 1 fully saturated rings. The van der Waals surface area contributed by atoms with E-state index in [0.29, 0.717) is 17.6 Å². The van der Waals surface area contributed by atoms with E-state index in [0.717, 1.165) is 31.6 Å². The van der Waals surface area contributed by atoms with Crippen LogP contribution in [-0.4, -0.2) is 44.1 Å². The highest BCUT2D eigenvalue weighted by molar-refractivity contribution is 5.74. The maximum Gasteiger partial charge on any atom is 0.318 e. The van der Waals surface area contributed by atoms with E-state index in [1.54, 1.807) is 6.33 Å². The molecule has 2 aromatic rings. The van der Waals surface area contributed by atoms with Crippen LogP contribution in [0.4, 0.5) is 4.79 Å². The molecule has 3 rings (SSSR count). The van der Waals surface area contributed by atoms with Gasteiger partial charge in [0.2, 0.25) is 5.89 Å². The van der Waals surface area contributed by atoms with Gasteiger partial charge < -0.3 is 19.7 Å². The summed E-state index contributed by atoms with van der Waals surface area (Å²) in [7, 11) is 0. The molecule has 2 aromatic heterocycles. The average molecular weight is 346 g/mol. The Morgan fingerprint density at radius 1 is 1.40 bits per heavy atom. The van der Waals surface area contributed by atoms with Crippen molar-refractivity contribution in [1.29, 1.82) is 0 Å². The quantitative estimate of drug-likeness (QED) is 0.890. The third-order valence-corrected chi connectivity index (χ3v) is 4.56. The van der Waals surface area contributed by atoms with Crippen LogP contribution in [0, 0.1) is 0 Å². The van der Waals surface area contributed by atoms with Crippen molar-refractivity contribution in [3.63, 3.8) is 0 Å². The number of hydrogen-bond donors (Lipinski definition) is 2. The van der Waals surface area contributed by atoms with Crippen LogP contribution in [0.5, 0.6) is 0 Å². The lowest BCUT2D eigenvalue weighted by molar-refractivity contribution is 0.175. The number of nitrogens with zero attached hydrogens (tertiary/aromatic N) is 4. The van der Waals surface area contributed by atoms with Crippen molar-refractivity contribution in [3.05, 3.63) is 29.9 Å². The van der Waals surface area contributed by atoms with Gasteiger partial charge in [-0.1, -0.05) is 25.9 Å². The summed E-state index contributed by atoms with van der Waals surface area (Å²) in [6.45, 7) is 9.37. The number of H-pyrrole nitrogens is 1. The van der Waals surface area contributed by atoms with Crippen molar-refractivity contribution in [2.75, 3.05) is 13.1 Å². The molecule has 0 unspecified atom stereocenters. The number of piperidine rings is 1. The second-order valence-corrected chi connectivity index (χ2v) is 7.65. The van der Waals surface area contributed by atoms with E-state index >= 15 is 0 Å². The van der Waals surface area contributed by atoms with Crippen LogP contribution in [0.3, 0.4) is 0 Å².